The van der Waals surface area contributed by atoms with Gasteiger partial charge in [-0.25, -0.2) is 9.78 Å². The van der Waals surface area contributed by atoms with Crippen LogP contribution in [0, 0.1) is 16.7 Å². The van der Waals surface area contributed by atoms with Gasteiger partial charge >= 0.3 is 6.03 Å². The van der Waals surface area contributed by atoms with Crippen molar-refractivity contribution in [3.63, 3.8) is 0 Å². The molecule has 2 aliphatic heterocycles. The average molecular weight is 579 g/mol. The van der Waals surface area contributed by atoms with Gasteiger partial charge in [-0.15, -0.1) is 0 Å². The molecular formula is C32H46N6O4. The highest BCUT2D eigenvalue weighted by atomic mass is 16.5. The van der Waals surface area contributed by atoms with E-state index in [1.807, 2.05) is 26.8 Å². The maximum absolute atomic E-state index is 13.2. The molecule has 0 saturated carbocycles. The number of pyridine rings is 1. The van der Waals surface area contributed by atoms with Crippen LogP contribution in [0.3, 0.4) is 0 Å². The lowest BCUT2D eigenvalue weighted by molar-refractivity contribution is 0.102. The summed E-state index contributed by atoms with van der Waals surface area (Å²) < 4.78 is 5.51. The smallest absolute Gasteiger partial charge is 0.320 e. The Labute approximate surface area is 249 Å². The number of β-amino-alcohol motifs (C(OH)–C–C–N with tert-alkyl or cyclic N) is 1. The lowest BCUT2D eigenvalue weighted by Crippen LogP contribution is -2.44. The Hall–Kier alpha value is -3.79. The highest BCUT2D eigenvalue weighted by molar-refractivity contribution is 6.06. The predicted molar refractivity (Wildman–Crippen MR) is 166 cm³/mol. The van der Waals surface area contributed by atoms with E-state index in [9.17, 15) is 14.7 Å². The monoisotopic (exact) mass is 578 g/mol. The van der Waals surface area contributed by atoms with E-state index in [-0.39, 0.29) is 17.9 Å². The van der Waals surface area contributed by atoms with E-state index in [0.29, 0.717) is 67.6 Å². The van der Waals surface area contributed by atoms with Crippen molar-refractivity contribution in [1.82, 2.24) is 14.8 Å². The molecule has 1 fully saturated rings. The molecule has 10 nitrogen and oxygen atoms in total. The number of urea groups is 1. The van der Waals surface area contributed by atoms with Crippen molar-refractivity contribution >= 4 is 29.2 Å². The Balaban J connectivity index is 0.000000616. The number of ether oxygens (including phenoxy) is 1. The Kier molecular flexibility index (Phi) is 12.0. The first-order chi connectivity index (χ1) is 20.1. The Bertz CT molecular complexity index is 1280. The minimum Gasteiger partial charge on any atom is -0.496 e. The van der Waals surface area contributed by atoms with E-state index in [2.05, 4.69) is 17.2 Å². The van der Waals surface area contributed by atoms with Crippen molar-refractivity contribution < 1.29 is 19.4 Å². The predicted octanol–water partition coefficient (Wildman–Crippen LogP) is 5.52. The first-order valence-electron chi connectivity index (χ1n) is 14.9. The molecule has 1 aromatic carbocycles. The van der Waals surface area contributed by atoms with E-state index in [0.717, 1.165) is 29.7 Å². The fourth-order valence-electron chi connectivity index (χ4n) is 4.95. The van der Waals surface area contributed by atoms with Crippen LogP contribution in [0.5, 0.6) is 5.75 Å². The number of carbonyl (C=O) groups excluding carboxylic acids is 2. The lowest BCUT2D eigenvalue weighted by atomic mass is 9.96. The van der Waals surface area contributed by atoms with Crippen molar-refractivity contribution in [3.8, 4) is 5.75 Å². The number of aromatic nitrogens is 1. The molecule has 42 heavy (non-hydrogen) atoms. The molecule has 0 bridgehead atoms. The summed E-state index contributed by atoms with van der Waals surface area (Å²) in [5.74, 6) is 0.538. The van der Waals surface area contributed by atoms with Crippen molar-refractivity contribution in [2.24, 2.45) is 5.92 Å². The number of nitrogens with zero attached hydrogens (tertiary/aromatic N) is 3. The largest absolute Gasteiger partial charge is 0.496 e. The molecule has 228 valence electrons. The summed E-state index contributed by atoms with van der Waals surface area (Å²) in [5, 5.41) is 27.9. The summed E-state index contributed by atoms with van der Waals surface area (Å²) in [5.41, 5.74) is 4.09. The number of likely N-dealkylation sites (tertiary alicyclic amines) is 1. The molecule has 3 heterocycles. The zero-order chi connectivity index (χ0) is 30.8. The van der Waals surface area contributed by atoms with Gasteiger partial charge in [0.25, 0.3) is 5.91 Å². The molecule has 4 rings (SSSR count). The molecule has 10 heteroatoms. The summed E-state index contributed by atoms with van der Waals surface area (Å²) in [6.45, 7) is 9.89. The van der Waals surface area contributed by atoms with E-state index >= 15 is 0 Å². The molecule has 1 saturated heterocycles. The van der Waals surface area contributed by atoms with Gasteiger partial charge in [-0.2, -0.15) is 0 Å². The van der Waals surface area contributed by atoms with Crippen molar-refractivity contribution in [3.05, 3.63) is 52.7 Å². The summed E-state index contributed by atoms with van der Waals surface area (Å²) >= 11 is 0. The van der Waals surface area contributed by atoms with Gasteiger partial charge < -0.3 is 35.8 Å². The fraction of sp³-hybridized carbons (Fsp3) is 0.531. The number of fused-ring (bicyclic) bond motifs is 1. The molecule has 0 aliphatic carbocycles. The Morgan fingerprint density at radius 1 is 1.17 bits per heavy atom. The molecule has 1 aromatic heterocycles. The number of aliphatic hydroxyl groups excluding tert-OH is 1. The second-order valence-electron chi connectivity index (χ2n) is 11.1. The van der Waals surface area contributed by atoms with Crippen LogP contribution in [-0.4, -0.2) is 76.1 Å². The number of unbranched alkanes of at least 4 members (excludes halogenated alkanes) is 1. The van der Waals surface area contributed by atoms with Crippen molar-refractivity contribution in [2.75, 3.05) is 32.1 Å². The first kappa shape index (κ1) is 32.7. The van der Waals surface area contributed by atoms with Gasteiger partial charge in [0.2, 0.25) is 0 Å². The number of hydrogen-bond acceptors (Lipinski definition) is 7. The molecule has 2 unspecified atom stereocenters. The van der Waals surface area contributed by atoms with E-state index in [4.69, 9.17) is 15.6 Å². The molecular weight excluding hydrogens is 532 g/mol. The first-order valence-corrected chi connectivity index (χ1v) is 14.9. The summed E-state index contributed by atoms with van der Waals surface area (Å²) in [4.78, 5) is 34.0. The average Bonchev–Trinajstić information content (AvgIpc) is 3.44. The zero-order valence-corrected chi connectivity index (χ0v) is 25.6. The fourth-order valence-corrected chi connectivity index (χ4v) is 4.95. The van der Waals surface area contributed by atoms with Gasteiger partial charge in [-0.05, 0) is 80.3 Å². The van der Waals surface area contributed by atoms with Gasteiger partial charge in [0.1, 0.15) is 11.6 Å². The second kappa shape index (κ2) is 15.4. The number of nitrogens with one attached hydrogen (secondary N) is 3. The van der Waals surface area contributed by atoms with Crippen molar-refractivity contribution in [2.45, 2.75) is 78.9 Å². The maximum atomic E-state index is 13.2. The SMILES string of the molecule is CCC(C)C(=N)c1cccc(NC(=O)c2cc3c(cc2OC)CCN(C(=O)N2CCC(O)C2)C3)n1.CCCCC(C)=N. The third-order valence-electron chi connectivity index (χ3n) is 7.76. The van der Waals surface area contributed by atoms with Gasteiger partial charge in [0.05, 0.1) is 30.2 Å². The number of hydrogen-bond donors (Lipinski definition) is 4. The summed E-state index contributed by atoms with van der Waals surface area (Å²) in [6, 6.07) is 8.81. The van der Waals surface area contributed by atoms with Crippen LogP contribution in [0.1, 0.15) is 87.0 Å². The van der Waals surface area contributed by atoms with Gasteiger partial charge in [-0.3, -0.25) is 4.79 Å². The number of anilines is 1. The lowest BCUT2D eigenvalue weighted by Gasteiger charge is -2.32. The number of methoxy groups -OCH3 is 1. The van der Waals surface area contributed by atoms with Crippen molar-refractivity contribution in [1.29, 1.82) is 10.8 Å². The Morgan fingerprint density at radius 2 is 1.93 bits per heavy atom. The van der Waals surface area contributed by atoms with Crippen LogP contribution >= 0.6 is 0 Å². The van der Waals surface area contributed by atoms with E-state index in [1.54, 1.807) is 34.1 Å². The molecule has 0 spiro atoms. The van der Waals surface area contributed by atoms with Crippen LogP contribution in [0.15, 0.2) is 30.3 Å². The molecule has 3 amide bonds. The number of carbonyl (C=O) groups is 2. The standard InChI is InChI=1S/C26H33N5O4.C6H13N/c1-4-16(2)24(27)21-6-5-7-23(28-21)29-25(33)20-12-18-14-30(10-8-17(18)13-22(20)35-3)26(34)31-11-9-19(32)15-31;1-3-4-5-6(2)7/h5-7,12-13,16,19,27,32H,4,8-11,14-15H2,1-3H3,(H,28,29,33);7H,3-5H2,1-2H3. The van der Waals surface area contributed by atoms with E-state index in [1.165, 1.54) is 20.0 Å². The molecule has 4 N–H and O–H groups in total. The topological polar surface area (TPSA) is 143 Å². The Morgan fingerprint density at radius 3 is 2.52 bits per heavy atom. The molecule has 0 radical (unpaired) electrons. The van der Waals surface area contributed by atoms with Crippen LogP contribution in [0.2, 0.25) is 0 Å². The number of benzene rings is 1. The van der Waals surface area contributed by atoms with Crippen LogP contribution in [-0.2, 0) is 13.0 Å². The number of aliphatic hydroxyl groups is 1. The quantitative estimate of drug-likeness (QED) is 0.290. The van der Waals surface area contributed by atoms with Gasteiger partial charge in [0.15, 0.2) is 0 Å². The number of amides is 3. The normalized spacial score (nSPS) is 16.6. The zero-order valence-electron chi connectivity index (χ0n) is 25.6. The maximum Gasteiger partial charge on any atom is 0.320 e. The van der Waals surface area contributed by atoms with Gasteiger partial charge in [0, 0.05) is 31.9 Å². The highest BCUT2D eigenvalue weighted by Crippen LogP contribution is 2.29. The highest BCUT2D eigenvalue weighted by Gasteiger charge is 2.31. The third-order valence-corrected chi connectivity index (χ3v) is 7.76. The summed E-state index contributed by atoms with van der Waals surface area (Å²) in [6.07, 6.45) is 5.00. The molecule has 2 atom stereocenters. The minimum absolute atomic E-state index is 0.0728. The van der Waals surface area contributed by atoms with Crippen LogP contribution in [0.4, 0.5) is 10.6 Å². The van der Waals surface area contributed by atoms with E-state index < -0.39 is 6.10 Å². The van der Waals surface area contributed by atoms with Crippen LogP contribution in [0.25, 0.3) is 0 Å². The number of rotatable bonds is 9. The van der Waals surface area contributed by atoms with Crippen LogP contribution < -0.4 is 10.1 Å². The second-order valence-corrected chi connectivity index (χ2v) is 11.1. The molecule has 2 aliphatic rings. The minimum atomic E-state index is -0.461. The molecule has 2 aromatic rings. The van der Waals surface area contributed by atoms with Gasteiger partial charge in [-0.1, -0.05) is 33.3 Å². The summed E-state index contributed by atoms with van der Waals surface area (Å²) in [7, 11) is 1.53. The third kappa shape index (κ3) is 8.61.